The minimum Gasteiger partial charge on any atom is -0.497 e. The van der Waals surface area contributed by atoms with Crippen LogP contribution in [0.5, 0.6) is 23.0 Å². The van der Waals surface area contributed by atoms with Crippen molar-refractivity contribution in [3.05, 3.63) is 107 Å². The van der Waals surface area contributed by atoms with E-state index in [0.717, 1.165) is 19.9 Å². The molecule has 0 saturated carbocycles. The number of carbonyl (C=O) groups excluding carboxylic acids is 2. The smallest absolute Gasteiger partial charge is 0.265 e. The van der Waals surface area contributed by atoms with Gasteiger partial charge in [0.2, 0.25) is 11.8 Å². The van der Waals surface area contributed by atoms with E-state index >= 15 is 0 Å². The van der Waals surface area contributed by atoms with Gasteiger partial charge in [0, 0.05) is 35.6 Å². The van der Waals surface area contributed by atoms with Crippen molar-refractivity contribution >= 4 is 43.5 Å². The lowest BCUT2D eigenvalue weighted by Crippen LogP contribution is -2.54. The van der Waals surface area contributed by atoms with Gasteiger partial charge in [-0.2, -0.15) is 0 Å². The van der Waals surface area contributed by atoms with E-state index in [1.807, 2.05) is 68.4 Å². The maximum atomic E-state index is 14.8. The molecule has 4 rings (SSSR count). The van der Waals surface area contributed by atoms with Gasteiger partial charge in [-0.05, 0) is 61.4 Å². The Hall–Kier alpha value is -4.75. The summed E-state index contributed by atoms with van der Waals surface area (Å²) in [4.78, 5) is 30.0. The quantitative estimate of drug-likeness (QED) is 0.151. The number of nitrogens with one attached hydrogen (secondary N) is 1. The van der Waals surface area contributed by atoms with Gasteiger partial charge in [0.15, 0.2) is 11.5 Å². The second-order valence-electron chi connectivity index (χ2n) is 11.6. The van der Waals surface area contributed by atoms with Gasteiger partial charge in [0.1, 0.15) is 24.1 Å². The molecule has 0 aliphatic heterocycles. The Labute approximate surface area is 302 Å². The van der Waals surface area contributed by atoms with Crippen LogP contribution in [-0.4, -0.2) is 72.2 Å². The molecule has 50 heavy (non-hydrogen) atoms. The first-order chi connectivity index (χ1) is 23.9. The number of hydrogen-bond acceptors (Lipinski definition) is 8. The highest BCUT2D eigenvalue weighted by atomic mass is 79.9. The first-order valence-corrected chi connectivity index (χ1v) is 18.0. The normalized spacial score (nSPS) is 11.8. The van der Waals surface area contributed by atoms with E-state index < -0.39 is 28.5 Å². The van der Waals surface area contributed by atoms with Crippen molar-refractivity contribution in [2.24, 2.45) is 0 Å². The zero-order chi connectivity index (χ0) is 36.4. The fraction of sp³-hybridized carbons (Fsp3) is 0.297. The highest BCUT2D eigenvalue weighted by molar-refractivity contribution is 9.10. The molecule has 0 spiro atoms. The molecule has 0 saturated heterocycles. The zero-order valence-electron chi connectivity index (χ0n) is 28.9. The molecule has 1 N–H and O–H groups in total. The molecular formula is C37H42BrN3O8S. The molecule has 0 radical (unpaired) electrons. The standard InChI is InChI=1S/C37H42BrN3O8S/c1-25(2)39-37(43)32(20-26-11-8-7-9-12-26)40(23-27-13-10-14-28(38)19-27)36(42)24-41(31-21-29(46-3)15-17-33(31)47-4)50(44,45)30-16-18-34(48-5)35(22-30)49-6/h7-19,21-22,25,32H,20,23-24H2,1-6H3,(H,39,43)/t32-/m0/s1. The third-order valence-electron chi connectivity index (χ3n) is 7.82. The number of halogens is 1. The molecule has 13 heteroatoms. The first-order valence-electron chi connectivity index (χ1n) is 15.8. The molecule has 0 heterocycles. The molecule has 11 nitrogen and oxygen atoms in total. The summed E-state index contributed by atoms with van der Waals surface area (Å²) < 4.78 is 52.8. The summed E-state index contributed by atoms with van der Waals surface area (Å²) in [6.07, 6.45) is 0.185. The van der Waals surface area contributed by atoms with Crippen LogP contribution in [-0.2, 0) is 32.6 Å². The molecule has 1 atom stereocenters. The van der Waals surface area contributed by atoms with Crippen LogP contribution in [0.3, 0.4) is 0 Å². The number of ether oxygens (including phenoxy) is 4. The second-order valence-corrected chi connectivity index (χ2v) is 14.4. The van der Waals surface area contributed by atoms with Crippen LogP contribution in [0.15, 0.2) is 100 Å². The lowest BCUT2D eigenvalue weighted by atomic mass is 10.0. The molecule has 266 valence electrons. The highest BCUT2D eigenvalue weighted by Crippen LogP contribution is 2.38. The third-order valence-corrected chi connectivity index (χ3v) is 10.1. The Kier molecular flexibility index (Phi) is 13.1. The van der Waals surface area contributed by atoms with Crippen LogP contribution in [0.4, 0.5) is 5.69 Å². The van der Waals surface area contributed by atoms with Crippen molar-refractivity contribution in [1.82, 2.24) is 10.2 Å². The summed E-state index contributed by atoms with van der Waals surface area (Å²) in [6, 6.07) is 24.4. The van der Waals surface area contributed by atoms with Gasteiger partial charge in [-0.25, -0.2) is 8.42 Å². The maximum Gasteiger partial charge on any atom is 0.265 e. The summed E-state index contributed by atoms with van der Waals surface area (Å²) in [5, 5.41) is 2.96. The van der Waals surface area contributed by atoms with Crippen molar-refractivity contribution in [3.63, 3.8) is 0 Å². The van der Waals surface area contributed by atoms with Crippen LogP contribution in [0, 0.1) is 0 Å². The van der Waals surface area contributed by atoms with E-state index in [0.29, 0.717) is 11.5 Å². The topological polar surface area (TPSA) is 124 Å². The number of nitrogens with zero attached hydrogens (tertiary/aromatic N) is 2. The summed E-state index contributed by atoms with van der Waals surface area (Å²) >= 11 is 3.50. The molecule has 0 aliphatic rings. The molecule has 2 amide bonds. The summed E-state index contributed by atoms with van der Waals surface area (Å²) in [5.74, 6) is 0.0268. The monoisotopic (exact) mass is 767 g/mol. The van der Waals surface area contributed by atoms with Crippen LogP contribution in [0.25, 0.3) is 0 Å². The number of rotatable bonds is 16. The van der Waals surface area contributed by atoms with Gasteiger partial charge in [0.25, 0.3) is 10.0 Å². The van der Waals surface area contributed by atoms with E-state index in [1.165, 1.54) is 57.6 Å². The Bertz CT molecular complexity index is 1890. The summed E-state index contributed by atoms with van der Waals surface area (Å²) in [5.41, 5.74) is 1.62. The Morgan fingerprint density at radius 2 is 1.42 bits per heavy atom. The van der Waals surface area contributed by atoms with E-state index in [9.17, 15) is 18.0 Å². The number of methoxy groups -OCH3 is 4. The molecule has 0 aromatic heterocycles. The van der Waals surface area contributed by atoms with Gasteiger partial charge in [-0.1, -0.05) is 58.4 Å². The Balaban J connectivity index is 1.90. The van der Waals surface area contributed by atoms with Gasteiger partial charge >= 0.3 is 0 Å². The molecule has 4 aromatic carbocycles. The molecule has 4 aromatic rings. The number of carbonyl (C=O) groups is 2. The lowest BCUT2D eigenvalue weighted by Gasteiger charge is -2.34. The average Bonchev–Trinajstić information content (AvgIpc) is 3.11. The fourth-order valence-corrected chi connectivity index (χ4v) is 7.26. The van der Waals surface area contributed by atoms with Crippen molar-refractivity contribution in [1.29, 1.82) is 0 Å². The SMILES string of the molecule is COc1ccc(OC)c(N(CC(=O)N(Cc2cccc(Br)c2)[C@@H](Cc2ccccc2)C(=O)NC(C)C)S(=O)(=O)c2ccc(OC)c(OC)c2)c1. The molecular weight excluding hydrogens is 726 g/mol. The number of benzene rings is 4. The minimum atomic E-state index is -4.49. The van der Waals surface area contributed by atoms with Crippen LogP contribution < -0.4 is 28.6 Å². The van der Waals surface area contributed by atoms with Crippen molar-refractivity contribution in [2.75, 3.05) is 39.3 Å². The minimum absolute atomic E-state index is 0.0147. The van der Waals surface area contributed by atoms with Crippen LogP contribution >= 0.6 is 15.9 Å². The largest absolute Gasteiger partial charge is 0.497 e. The predicted octanol–water partition coefficient (Wildman–Crippen LogP) is 5.84. The highest BCUT2D eigenvalue weighted by Gasteiger charge is 2.36. The zero-order valence-corrected chi connectivity index (χ0v) is 31.3. The van der Waals surface area contributed by atoms with Gasteiger partial charge in [0.05, 0.1) is 39.0 Å². The second kappa shape index (κ2) is 17.3. The number of sulfonamides is 1. The summed E-state index contributed by atoms with van der Waals surface area (Å²) in [7, 11) is 1.20. The van der Waals surface area contributed by atoms with E-state index in [-0.39, 0.29) is 47.0 Å². The Morgan fingerprint density at radius 3 is 2.04 bits per heavy atom. The van der Waals surface area contributed by atoms with E-state index in [2.05, 4.69) is 21.2 Å². The maximum absolute atomic E-state index is 14.8. The third kappa shape index (κ3) is 9.27. The Morgan fingerprint density at radius 1 is 0.760 bits per heavy atom. The van der Waals surface area contributed by atoms with Gasteiger partial charge in [-0.15, -0.1) is 0 Å². The van der Waals surface area contributed by atoms with Crippen molar-refractivity contribution < 1.29 is 37.0 Å². The lowest BCUT2D eigenvalue weighted by molar-refractivity contribution is -0.140. The number of hydrogen-bond donors (Lipinski definition) is 1. The number of anilines is 1. The van der Waals surface area contributed by atoms with Crippen molar-refractivity contribution in [2.45, 2.75) is 43.8 Å². The molecule has 0 bridgehead atoms. The van der Waals surface area contributed by atoms with Gasteiger partial charge < -0.3 is 29.2 Å². The molecule has 0 fully saturated rings. The molecule has 0 aliphatic carbocycles. The average molecular weight is 769 g/mol. The number of amides is 2. The summed E-state index contributed by atoms with van der Waals surface area (Å²) in [6.45, 7) is 3.00. The van der Waals surface area contributed by atoms with Crippen LogP contribution in [0.1, 0.15) is 25.0 Å². The van der Waals surface area contributed by atoms with Crippen molar-refractivity contribution in [3.8, 4) is 23.0 Å². The van der Waals surface area contributed by atoms with Gasteiger partial charge in [-0.3, -0.25) is 13.9 Å². The first kappa shape index (κ1) is 38.1. The van der Waals surface area contributed by atoms with Crippen LogP contribution in [0.2, 0.25) is 0 Å². The molecule has 0 unspecified atom stereocenters. The van der Waals surface area contributed by atoms with E-state index in [4.69, 9.17) is 18.9 Å². The predicted molar refractivity (Wildman–Crippen MR) is 196 cm³/mol. The fourth-order valence-electron chi connectivity index (χ4n) is 5.38. The van der Waals surface area contributed by atoms with E-state index in [1.54, 1.807) is 12.1 Å².